The van der Waals surface area contributed by atoms with E-state index in [2.05, 4.69) is 36.5 Å². The molecule has 1 N–H and O–H groups in total. The van der Waals surface area contributed by atoms with Crippen LogP contribution in [0.25, 0.3) is 16.8 Å². The molecule has 0 fully saturated rings. The Morgan fingerprint density at radius 2 is 1.86 bits per heavy atom. The van der Waals surface area contributed by atoms with Gasteiger partial charge in [-0.1, -0.05) is 34.1 Å². The molecular weight excluding hydrogens is 434 g/mol. The Labute approximate surface area is 175 Å². The molecule has 2 aromatic heterocycles. The molecular formula is C21H18BrN5O2. The van der Waals surface area contributed by atoms with Crippen molar-refractivity contribution in [3.8, 4) is 16.9 Å². The van der Waals surface area contributed by atoms with Crippen LogP contribution in [0.2, 0.25) is 0 Å². The van der Waals surface area contributed by atoms with E-state index in [4.69, 9.17) is 4.74 Å². The zero-order chi connectivity index (χ0) is 20.5. The van der Waals surface area contributed by atoms with Gasteiger partial charge in [-0.2, -0.15) is 5.10 Å². The molecule has 0 saturated heterocycles. The van der Waals surface area contributed by atoms with E-state index in [-0.39, 0.29) is 11.6 Å². The fourth-order valence-corrected chi connectivity index (χ4v) is 3.43. The minimum atomic E-state index is -0.358. The summed E-state index contributed by atoms with van der Waals surface area (Å²) in [6, 6.07) is 15.1. The van der Waals surface area contributed by atoms with Gasteiger partial charge in [0.2, 0.25) is 0 Å². The van der Waals surface area contributed by atoms with Crippen LogP contribution in [-0.2, 0) is 0 Å². The summed E-state index contributed by atoms with van der Waals surface area (Å²) in [5, 5.41) is 15.9. The van der Waals surface area contributed by atoms with Gasteiger partial charge in [0.05, 0.1) is 24.1 Å². The Kier molecular flexibility index (Phi) is 5.02. The number of hydrogen-bond donors (Lipinski definition) is 1. The maximum Gasteiger partial charge on any atom is 0.278 e. The van der Waals surface area contributed by atoms with Gasteiger partial charge in [0, 0.05) is 16.2 Å². The Hall–Kier alpha value is -3.26. The van der Waals surface area contributed by atoms with Crippen molar-refractivity contribution in [2.75, 3.05) is 12.4 Å². The zero-order valence-electron chi connectivity index (χ0n) is 16.1. The Morgan fingerprint density at radius 3 is 2.59 bits per heavy atom. The maximum atomic E-state index is 12.8. The van der Waals surface area contributed by atoms with E-state index in [0.717, 1.165) is 21.3 Å². The van der Waals surface area contributed by atoms with E-state index >= 15 is 0 Å². The largest absolute Gasteiger partial charge is 0.497 e. The lowest BCUT2D eigenvalue weighted by Gasteiger charge is -2.09. The standard InChI is InChI=1S/C21H18BrN5O2/c1-12-18(14-7-9-15(22)10-8-14)20-25-24-19(13(2)27(20)26-12)21(28)23-16-5-4-6-17(11-16)29-3/h4-11H,1-3H3,(H,23,28). The van der Waals surface area contributed by atoms with Gasteiger partial charge in [-0.05, 0) is 43.7 Å². The van der Waals surface area contributed by atoms with Crippen molar-refractivity contribution >= 4 is 33.2 Å². The van der Waals surface area contributed by atoms with Gasteiger partial charge >= 0.3 is 0 Å². The van der Waals surface area contributed by atoms with E-state index in [1.54, 1.807) is 36.7 Å². The highest BCUT2D eigenvalue weighted by molar-refractivity contribution is 9.10. The van der Waals surface area contributed by atoms with Gasteiger partial charge in [-0.3, -0.25) is 4.79 Å². The molecule has 1 amide bonds. The second-order valence-electron chi connectivity index (χ2n) is 6.52. The summed E-state index contributed by atoms with van der Waals surface area (Å²) < 4.78 is 7.85. The molecule has 0 unspecified atom stereocenters. The number of ether oxygens (including phenoxy) is 1. The second kappa shape index (κ2) is 7.63. The first-order valence-corrected chi connectivity index (χ1v) is 9.71. The summed E-state index contributed by atoms with van der Waals surface area (Å²) >= 11 is 3.45. The maximum absolute atomic E-state index is 12.8. The molecule has 146 valence electrons. The summed E-state index contributed by atoms with van der Waals surface area (Å²) in [6.07, 6.45) is 0. The smallest absolute Gasteiger partial charge is 0.278 e. The minimum absolute atomic E-state index is 0.213. The van der Waals surface area contributed by atoms with E-state index in [1.807, 2.05) is 37.3 Å². The normalized spacial score (nSPS) is 10.9. The average molecular weight is 452 g/mol. The summed E-state index contributed by atoms with van der Waals surface area (Å²) in [5.74, 6) is 0.298. The van der Waals surface area contributed by atoms with Crippen LogP contribution >= 0.6 is 15.9 Å². The van der Waals surface area contributed by atoms with Crippen LogP contribution in [0.1, 0.15) is 21.9 Å². The Morgan fingerprint density at radius 1 is 1.10 bits per heavy atom. The number of nitrogens with one attached hydrogen (secondary N) is 1. The molecule has 0 aliphatic heterocycles. The highest BCUT2D eigenvalue weighted by atomic mass is 79.9. The number of carbonyl (C=O) groups is 1. The molecule has 0 saturated carbocycles. The number of rotatable bonds is 4. The molecule has 0 radical (unpaired) electrons. The number of hydrogen-bond acceptors (Lipinski definition) is 5. The molecule has 0 atom stereocenters. The van der Waals surface area contributed by atoms with Gasteiger partial charge in [0.25, 0.3) is 5.91 Å². The average Bonchev–Trinajstić information content (AvgIpc) is 3.06. The van der Waals surface area contributed by atoms with Crippen molar-refractivity contribution < 1.29 is 9.53 Å². The number of anilines is 1. The van der Waals surface area contributed by atoms with Crippen LogP contribution in [0, 0.1) is 13.8 Å². The van der Waals surface area contributed by atoms with Crippen molar-refractivity contribution in [3.05, 3.63) is 70.1 Å². The predicted molar refractivity (Wildman–Crippen MR) is 114 cm³/mol. The topological polar surface area (TPSA) is 81.4 Å². The third-order valence-corrected chi connectivity index (χ3v) is 5.15. The van der Waals surface area contributed by atoms with Crippen LogP contribution in [0.15, 0.2) is 53.0 Å². The van der Waals surface area contributed by atoms with Gasteiger partial charge in [0.15, 0.2) is 11.3 Å². The monoisotopic (exact) mass is 451 g/mol. The quantitative estimate of drug-likeness (QED) is 0.496. The number of methoxy groups -OCH3 is 1. The van der Waals surface area contributed by atoms with Crippen LogP contribution in [-0.4, -0.2) is 32.8 Å². The van der Waals surface area contributed by atoms with Crippen molar-refractivity contribution in [3.63, 3.8) is 0 Å². The Balaban J connectivity index is 1.73. The van der Waals surface area contributed by atoms with E-state index in [9.17, 15) is 4.79 Å². The number of halogens is 1. The fraction of sp³-hybridized carbons (Fsp3) is 0.143. The summed E-state index contributed by atoms with van der Waals surface area (Å²) in [4.78, 5) is 12.8. The molecule has 7 nitrogen and oxygen atoms in total. The number of nitrogens with zero attached hydrogens (tertiary/aromatic N) is 4. The van der Waals surface area contributed by atoms with Crippen LogP contribution < -0.4 is 10.1 Å². The predicted octanol–water partition coefficient (Wildman–Crippen LogP) is 4.43. The molecule has 2 heterocycles. The van der Waals surface area contributed by atoms with E-state index in [1.165, 1.54) is 0 Å². The van der Waals surface area contributed by atoms with Crippen molar-refractivity contribution in [2.45, 2.75) is 13.8 Å². The van der Waals surface area contributed by atoms with Gasteiger partial charge in [-0.25, -0.2) is 4.52 Å². The van der Waals surface area contributed by atoms with E-state index in [0.29, 0.717) is 22.8 Å². The van der Waals surface area contributed by atoms with Crippen molar-refractivity contribution in [1.82, 2.24) is 19.8 Å². The molecule has 29 heavy (non-hydrogen) atoms. The van der Waals surface area contributed by atoms with Crippen molar-refractivity contribution in [1.29, 1.82) is 0 Å². The number of aromatic nitrogens is 4. The highest BCUT2D eigenvalue weighted by Crippen LogP contribution is 2.29. The number of benzene rings is 2. The SMILES string of the molecule is COc1cccc(NC(=O)c2nnc3c(-c4ccc(Br)cc4)c(C)nn3c2C)c1. The lowest BCUT2D eigenvalue weighted by atomic mass is 10.1. The van der Waals surface area contributed by atoms with E-state index < -0.39 is 0 Å². The first-order valence-electron chi connectivity index (χ1n) is 8.92. The van der Waals surface area contributed by atoms with Crippen LogP contribution in [0.4, 0.5) is 5.69 Å². The van der Waals surface area contributed by atoms with Crippen molar-refractivity contribution in [2.24, 2.45) is 0 Å². The third-order valence-electron chi connectivity index (χ3n) is 4.62. The fourth-order valence-electron chi connectivity index (χ4n) is 3.17. The summed E-state index contributed by atoms with van der Waals surface area (Å²) in [5.41, 5.74) is 4.75. The second-order valence-corrected chi connectivity index (χ2v) is 7.44. The number of amides is 1. The van der Waals surface area contributed by atoms with Gasteiger partial charge in [-0.15, -0.1) is 10.2 Å². The highest BCUT2D eigenvalue weighted by Gasteiger charge is 2.20. The first-order chi connectivity index (χ1) is 14.0. The molecule has 0 aliphatic rings. The Bertz CT molecular complexity index is 1220. The third kappa shape index (κ3) is 3.58. The molecule has 8 heteroatoms. The molecule has 0 bridgehead atoms. The molecule has 4 aromatic rings. The molecule has 0 spiro atoms. The minimum Gasteiger partial charge on any atom is -0.497 e. The number of carbonyl (C=O) groups excluding carboxylic acids is 1. The van der Waals surface area contributed by atoms with Gasteiger partial charge < -0.3 is 10.1 Å². The zero-order valence-corrected chi connectivity index (χ0v) is 17.7. The summed E-state index contributed by atoms with van der Waals surface area (Å²) in [7, 11) is 1.58. The molecule has 0 aliphatic carbocycles. The van der Waals surface area contributed by atoms with Crippen LogP contribution in [0.3, 0.4) is 0 Å². The van der Waals surface area contributed by atoms with Gasteiger partial charge in [0.1, 0.15) is 5.75 Å². The number of aryl methyl sites for hydroxylation is 2. The number of fused-ring (bicyclic) bond motifs is 1. The lowest BCUT2D eigenvalue weighted by molar-refractivity contribution is 0.102. The molecule has 2 aromatic carbocycles. The molecule has 4 rings (SSSR count). The van der Waals surface area contributed by atoms with Crippen LogP contribution in [0.5, 0.6) is 5.75 Å². The summed E-state index contributed by atoms with van der Waals surface area (Å²) in [6.45, 7) is 3.72. The first kappa shape index (κ1) is 19.1. The lowest BCUT2D eigenvalue weighted by Crippen LogP contribution is -2.18.